The van der Waals surface area contributed by atoms with Crippen LogP contribution in [0.3, 0.4) is 0 Å². The van der Waals surface area contributed by atoms with Gasteiger partial charge in [-0.2, -0.15) is 0 Å². The van der Waals surface area contributed by atoms with Gasteiger partial charge in [-0.15, -0.1) is 0 Å². The van der Waals surface area contributed by atoms with E-state index in [-0.39, 0.29) is 22.3 Å². The van der Waals surface area contributed by atoms with Crippen molar-refractivity contribution in [2.75, 3.05) is 24.2 Å². The van der Waals surface area contributed by atoms with Crippen molar-refractivity contribution < 1.29 is 22.5 Å². The first kappa shape index (κ1) is 22.9. The van der Waals surface area contributed by atoms with E-state index in [2.05, 4.69) is 29.0 Å². The molecule has 0 aliphatic carbocycles. The third-order valence-corrected chi connectivity index (χ3v) is 6.87. The van der Waals surface area contributed by atoms with E-state index in [4.69, 9.17) is 9.26 Å². The molecule has 0 spiro atoms. The molecule has 0 atom stereocenters. The minimum atomic E-state index is -3.31. The van der Waals surface area contributed by atoms with E-state index in [0.717, 1.165) is 30.6 Å². The van der Waals surface area contributed by atoms with Crippen molar-refractivity contribution in [3.8, 4) is 11.6 Å². The molecule has 33 heavy (non-hydrogen) atoms. The first-order chi connectivity index (χ1) is 15.8. The van der Waals surface area contributed by atoms with Crippen LogP contribution in [0.25, 0.3) is 0 Å². The van der Waals surface area contributed by atoms with Gasteiger partial charge < -0.3 is 14.2 Å². The Hall–Kier alpha value is -3.27. The number of carbonyl (C=O) groups is 1. The molecule has 9 nitrogen and oxygen atoms in total. The fourth-order valence-corrected chi connectivity index (χ4v) is 4.45. The van der Waals surface area contributed by atoms with Crippen LogP contribution in [0.1, 0.15) is 60.3 Å². The number of benzene rings is 1. The summed E-state index contributed by atoms with van der Waals surface area (Å²) in [5.74, 6) is 2.51. The van der Waals surface area contributed by atoms with Gasteiger partial charge in [0.2, 0.25) is 5.88 Å². The molecule has 0 unspecified atom stereocenters. The monoisotopic (exact) mass is 470 g/mol. The van der Waals surface area contributed by atoms with Crippen molar-refractivity contribution in [3.05, 3.63) is 53.7 Å². The zero-order chi connectivity index (χ0) is 23.6. The number of sulfone groups is 1. The molecule has 1 saturated heterocycles. The summed E-state index contributed by atoms with van der Waals surface area (Å²) < 4.78 is 34.6. The van der Waals surface area contributed by atoms with E-state index < -0.39 is 9.84 Å². The Morgan fingerprint density at radius 3 is 2.42 bits per heavy atom. The minimum absolute atomic E-state index is 0.126. The number of rotatable bonds is 7. The smallest absolute Gasteiger partial charge is 0.235 e. The highest BCUT2D eigenvalue weighted by molar-refractivity contribution is 7.90. The van der Waals surface area contributed by atoms with Gasteiger partial charge in [-0.1, -0.05) is 19.0 Å². The summed E-state index contributed by atoms with van der Waals surface area (Å²) in [5, 5.41) is 4.16. The molecule has 174 valence electrons. The molecule has 0 radical (unpaired) electrons. The second kappa shape index (κ2) is 9.30. The van der Waals surface area contributed by atoms with E-state index in [0.29, 0.717) is 36.9 Å². The highest BCUT2D eigenvalue weighted by Gasteiger charge is 2.27. The van der Waals surface area contributed by atoms with Crippen LogP contribution in [0, 0.1) is 0 Å². The Morgan fingerprint density at radius 1 is 1.15 bits per heavy atom. The average Bonchev–Trinajstić information content (AvgIpc) is 3.30. The largest absolute Gasteiger partial charge is 0.438 e. The summed E-state index contributed by atoms with van der Waals surface area (Å²) in [4.78, 5) is 22.6. The van der Waals surface area contributed by atoms with E-state index in [1.54, 1.807) is 0 Å². The fourth-order valence-electron chi connectivity index (χ4n) is 3.82. The lowest BCUT2D eigenvalue weighted by atomic mass is 9.93. The molecule has 0 bridgehead atoms. The van der Waals surface area contributed by atoms with E-state index >= 15 is 0 Å². The maximum absolute atomic E-state index is 11.9. The Bertz CT molecular complexity index is 1230. The number of hydrogen-bond acceptors (Lipinski definition) is 9. The van der Waals surface area contributed by atoms with Gasteiger partial charge in [0.1, 0.15) is 29.2 Å². The van der Waals surface area contributed by atoms with E-state index in [9.17, 15) is 13.2 Å². The molecule has 1 aliphatic heterocycles. The van der Waals surface area contributed by atoms with Gasteiger partial charge in [-0.05, 0) is 43.0 Å². The summed E-state index contributed by atoms with van der Waals surface area (Å²) >= 11 is 0. The first-order valence-corrected chi connectivity index (χ1v) is 12.6. The molecule has 1 aliphatic rings. The zero-order valence-corrected chi connectivity index (χ0v) is 19.6. The van der Waals surface area contributed by atoms with Crippen LogP contribution in [-0.4, -0.2) is 49.2 Å². The van der Waals surface area contributed by atoms with Crippen LogP contribution >= 0.6 is 0 Å². The second-order valence-electron chi connectivity index (χ2n) is 8.45. The van der Waals surface area contributed by atoms with Crippen molar-refractivity contribution in [2.24, 2.45) is 0 Å². The summed E-state index contributed by atoms with van der Waals surface area (Å²) in [6.07, 6.45) is 4.88. The van der Waals surface area contributed by atoms with Gasteiger partial charge in [-0.3, -0.25) is 4.79 Å². The molecular weight excluding hydrogens is 444 g/mol. The fraction of sp³-hybridized carbons (Fsp3) is 0.391. The summed E-state index contributed by atoms with van der Waals surface area (Å²) in [6, 6.07) is 7.99. The molecule has 2 aromatic heterocycles. The highest BCUT2D eigenvalue weighted by Crippen LogP contribution is 2.34. The first-order valence-electron chi connectivity index (χ1n) is 10.8. The van der Waals surface area contributed by atoms with Crippen LogP contribution in [-0.2, 0) is 9.84 Å². The number of aromatic nitrogens is 3. The maximum Gasteiger partial charge on any atom is 0.235 e. The predicted molar refractivity (Wildman–Crippen MR) is 122 cm³/mol. The number of piperidine rings is 1. The maximum atomic E-state index is 11.9. The van der Waals surface area contributed by atoms with Crippen molar-refractivity contribution in [1.82, 2.24) is 15.1 Å². The average molecular weight is 471 g/mol. The Morgan fingerprint density at radius 2 is 1.85 bits per heavy atom. The number of anilines is 1. The molecule has 3 heterocycles. The summed E-state index contributed by atoms with van der Waals surface area (Å²) in [6.45, 7) is 5.56. The molecule has 3 aromatic rings. The molecule has 1 aromatic carbocycles. The number of nitrogens with zero attached hydrogens (tertiary/aromatic N) is 4. The van der Waals surface area contributed by atoms with Crippen LogP contribution in [0.5, 0.6) is 11.6 Å². The Kier molecular flexibility index (Phi) is 6.46. The molecule has 1 fully saturated rings. The second-order valence-corrected chi connectivity index (χ2v) is 10.5. The molecule has 4 rings (SSSR count). The molecule has 0 amide bonds. The topological polar surface area (TPSA) is 115 Å². The van der Waals surface area contributed by atoms with Crippen molar-refractivity contribution in [1.29, 1.82) is 0 Å². The van der Waals surface area contributed by atoms with Gasteiger partial charge >= 0.3 is 0 Å². The van der Waals surface area contributed by atoms with Crippen molar-refractivity contribution >= 4 is 21.9 Å². The Labute approximate surface area is 192 Å². The number of ether oxygens (including phenoxy) is 1. The lowest BCUT2D eigenvalue weighted by Gasteiger charge is -2.32. The van der Waals surface area contributed by atoms with Gasteiger partial charge in [-0.25, -0.2) is 18.4 Å². The summed E-state index contributed by atoms with van der Waals surface area (Å²) in [5.41, 5.74) is 1.21. The molecule has 0 N–H and O–H groups in total. The SMILES string of the molecule is CC(C)c1cc(C2CCN(c3ncnc(Oc4ccc(S(C)(=O)=O)cc4)c3C=O)CC2)on1. The van der Waals surface area contributed by atoms with Crippen LogP contribution in [0.2, 0.25) is 0 Å². The van der Waals surface area contributed by atoms with E-state index in [1.165, 1.54) is 30.6 Å². The van der Waals surface area contributed by atoms with Crippen LogP contribution in [0.4, 0.5) is 5.82 Å². The predicted octanol–water partition coefficient (Wildman–Crippen LogP) is 3.98. The lowest BCUT2D eigenvalue weighted by molar-refractivity contribution is 0.112. The lowest BCUT2D eigenvalue weighted by Crippen LogP contribution is -2.34. The van der Waals surface area contributed by atoms with E-state index in [1.807, 2.05) is 11.0 Å². The van der Waals surface area contributed by atoms with Gasteiger partial charge in [0.25, 0.3) is 0 Å². The van der Waals surface area contributed by atoms with Gasteiger partial charge in [0, 0.05) is 31.3 Å². The zero-order valence-electron chi connectivity index (χ0n) is 18.8. The standard InChI is InChI=1S/C23H26N4O5S/c1-15(2)20-12-21(32-26-20)16-8-10-27(11-9-16)22-19(13-28)23(25-14-24-22)31-17-4-6-18(7-5-17)33(3,29)30/h4-7,12-16H,8-11H2,1-3H3. The van der Waals surface area contributed by atoms with Crippen LogP contribution < -0.4 is 9.64 Å². The molecular formula is C23H26N4O5S. The van der Waals surface area contributed by atoms with Gasteiger partial charge in [0.05, 0.1) is 10.6 Å². The Balaban J connectivity index is 1.49. The molecule has 10 heteroatoms. The van der Waals surface area contributed by atoms with Gasteiger partial charge in [0.15, 0.2) is 16.1 Å². The summed E-state index contributed by atoms with van der Waals surface area (Å²) in [7, 11) is -3.31. The third kappa shape index (κ3) is 5.05. The number of hydrogen-bond donors (Lipinski definition) is 0. The minimum Gasteiger partial charge on any atom is -0.438 e. The quantitative estimate of drug-likeness (QED) is 0.473. The molecule has 0 saturated carbocycles. The highest BCUT2D eigenvalue weighted by atomic mass is 32.2. The number of aldehydes is 1. The number of carbonyl (C=O) groups excluding carboxylic acids is 1. The van der Waals surface area contributed by atoms with Crippen LogP contribution in [0.15, 0.2) is 46.1 Å². The normalized spacial score (nSPS) is 15.1. The van der Waals surface area contributed by atoms with Crippen molar-refractivity contribution in [2.45, 2.75) is 43.4 Å². The third-order valence-electron chi connectivity index (χ3n) is 5.75. The van der Waals surface area contributed by atoms with Crippen molar-refractivity contribution in [3.63, 3.8) is 0 Å².